The Hall–Kier alpha value is -2.80. The van der Waals surface area contributed by atoms with E-state index in [2.05, 4.69) is 11.4 Å². The maximum Gasteiger partial charge on any atom is 0.257 e. The third-order valence-corrected chi connectivity index (χ3v) is 3.20. The summed E-state index contributed by atoms with van der Waals surface area (Å²) in [5.41, 5.74) is 9.41. The lowest BCUT2D eigenvalue weighted by Gasteiger charge is -2.11. The van der Waals surface area contributed by atoms with Crippen LogP contribution in [0.25, 0.3) is 0 Å². The molecule has 0 atom stereocenters. The number of amides is 1. The van der Waals surface area contributed by atoms with Crippen LogP contribution in [0.5, 0.6) is 0 Å². The van der Waals surface area contributed by atoms with E-state index in [9.17, 15) is 4.79 Å². The summed E-state index contributed by atoms with van der Waals surface area (Å²) in [5, 5.41) is 11.9. The van der Waals surface area contributed by atoms with Crippen molar-refractivity contribution in [1.29, 1.82) is 5.26 Å². The maximum absolute atomic E-state index is 12.3. The third-order valence-electron chi connectivity index (χ3n) is 3.20. The second kappa shape index (κ2) is 5.45. The summed E-state index contributed by atoms with van der Waals surface area (Å²) < 4.78 is 0. The van der Waals surface area contributed by atoms with Gasteiger partial charge in [0.2, 0.25) is 0 Å². The molecule has 2 rings (SSSR count). The van der Waals surface area contributed by atoms with Gasteiger partial charge in [-0.25, -0.2) is 0 Å². The molecule has 2 aromatic carbocycles. The number of hydrogen-bond acceptors (Lipinski definition) is 3. The highest BCUT2D eigenvalue weighted by Crippen LogP contribution is 2.21. The quantitative estimate of drug-likeness (QED) is 0.819. The number of nitrogen functional groups attached to an aromatic ring is 1. The van der Waals surface area contributed by atoms with E-state index < -0.39 is 0 Å². The van der Waals surface area contributed by atoms with Crippen LogP contribution in [0.1, 0.15) is 27.0 Å². The minimum Gasteiger partial charge on any atom is -0.398 e. The largest absolute Gasteiger partial charge is 0.398 e. The number of nitrogens with one attached hydrogen (secondary N) is 1. The van der Waals surface area contributed by atoms with Crippen LogP contribution in [0.2, 0.25) is 0 Å². The van der Waals surface area contributed by atoms with Gasteiger partial charge in [-0.1, -0.05) is 24.3 Å². The van der Waals surface area contributed by atoms with Crippen molar-refractivity contribution in [3.63, 3.8) is 0 Å². The first kappa shape index (κ1) is 13.6. The molecular formula is C16H15N3O. The SMILES string of the molecule is Cc1cccc(C(=O)Nc2cccc(C)c2C#N)c1N. The minimum atomic E-state index is -0.312. The molecule has 0 aliphatic heterocycles. The summed E-state index contributed by atoms with van der Waals surface area (Å²) in [5.74, 6) is -0.312. The predicted octanol–water partition coefficient (Wildman–Crippen LogP) is 3.01. The lowest BCUT2D eigenvalue weighted by Crippen LogP contribution is -2.15. The number of aryl methyl sites for hydroxylation is 2. The molecule has 0 fully saturated rings. The Labute approximate surface area is 117 Å². The molecule has 0 aliphatic carbocycles. The summed E-state index contributed by atoms with van der Waals surface area (Å²) in [4.78, 5) is 12.3. The van der Waals surface area contributed by atoms with Gasteiger partial charge in [0, 0.05) is 5.69 Å². The molecule has 0 heterocycles. The number of nitrogens with two attached hydrogens (primary N) is 1. The molecule has 0 radical (unpaired) electrons. The first-order valence-electron chi connectivity index (χ1n) is 6.20. The monoisotopic (exact) mass is 265 g/mol. The number of anilines is 2. The molecule has 3 N–H and O–H groups in total. The number of benzene rings is 2. The summed E-state index contributed by atoms with van der Waals surface area (Å²) in [7, 11) is 0. The van der Waals surface area contributed by atoms with Crippen LogP contribution in [0.3, 0.4) is 0 Å². The van der Waals surface area contributed by atoms with E-state index in [-0.39, 0.29) is 5.91 Å². The van der Waals surface area contributed by atoms with Crippen LogP contribution in [-0.2, 0) is 0 Å². The van der Waals surface area contributed by atoms with Crippen LogP contribution in [0.15, 0.2) is 36.4 Å². The molecule has 0 saturated carbocycles. The number of rotatable bonds is 2. The van der Waals surface area contributed by atoms with Crippen molar-refractivity contribution in [2.75, 3.05) is 11.1 Å². The van der Waals surface area contributed by atoms with E-state index in [4.69, 9.17) is 11.0 Å². The molecule has 4 heteroatoms. The van der Waals surface area contributed by atoms with Gasteiger partial charge in [0.15, 0.2) is 0 Å². The average Bonchev–Trinajstić information content (AvgIpc) is 2.42. The van der Waals surface area contributed by atoms with Gasteiger partial charge in [0.25, 0.3) is 5.91 Å². The van der Waals surface area contributed by atoms with E-state index in [0.717, 1.165) is 11.1 Å². The van der Waals surface area contributed by atoms with E-state index in [1.165, 1.54) is 0 Å². The molecule has 100 valence electrons. The van der Waals surface area contributed by atoms with Gasteiger partial charge >= 0.3 is 0 Å². The number of nitriles is 1. The van der Waals surface area contributed by atoms with Crippen molar-refractivity contribution in [3.05, 3.63) is 58.7 Å². The predicted molar refractivity (Wildman–Crippen MR) is 79.4 cm³/mol. The molecule has 0 aliphatic rings. The molecule has 2 aromatic rings. The second-order valence-corrected chi connectivity index (χ2v) is 4.60. The third kappa shape index (κ3) is 2.47. The van der Waals surface area contributed by atoms with Gasteiger partial charge in [-0.3, -0.25) is 4.79 Å². The first-order valence-corrected chi connectivity index (χ1v) is 6.20. The van der Waals surface area contributed by atoms with Crippen molar-refractivity contribution in [1.82, 2.24) is 0 Å². The van der Waals surface area contributed by atoms with Crippen LogP contribution in [0, 0.1) is 25.2 Å². The van der Waals surface area contributed by atoms with Crippen molar-refractivity contribution < 1.29 is 4.79 Å². The highest BCUT2D eigenvalue weighted by Gasteiger charge is 2.13. The minimum absolute atomic E-state index is 0.312. The zero-order valence-corrected chi connectivity index (χ0v) is 11.4. The molecule has 0 bridgehead atoms. The van der Waals surface area contributed by atoms with E-state index in [1.54, 1.807) is 24.3 Å². The molecule has 0 aromatic heterocycles. The van der Waals surface area contributed by atoms with Gasteiger partial charge in [-0.2, -0.15) is 5.26 Å². The van der Waals surface area contributed by atoms with Crippen molar-refractivity contribution in [2.45, 2.75) is 13.8 Å². The smallest absolute Gasteiger partial charge is 0.257 e. The Kier molecular flexibility index (Phi) is 3.72. The zero-order chi connectivity index (χ0) is 14.7. The zero-order valence-electron chi connectivity index (χ0n) is 11.4. The standard InChI is InChI=1S/C16H15N3O/c1-10-5-4-8-14(13(10)9-17)19-16(20)12-7-3-6-11(2)15(12)18/h3-8H,18H2,1-2H3,(H,19,20). The molecule has 0 unspecified atom stereocenters. The summed E-state index contributed by atoms with van der Waals surface area (Å²) in [6.45, 7) is 3.68. The van der Waals surface area contributed by atoms with Crippen LogP contribution >= 0.6 is 0 Å². The molecule has 0 saturated heterocycles. The molecule has 1 amide bonds. The van der Waals surface area contributed by atoms with Gasteiger partial charge in [0.05, 0.1) is 16.8 Å². The van der Waals surface area contributed by atoms with Crippen LogP contribution in [-0.4, -0.2) is 5.91 Å². The van der Waals surface area contributed by atoms with E-state index in [1.807, 2.05) is 26.0 Å². The number of carbonyl (C=O) groups is 1. The lowest BCUT2D eigenvalue weighted by atomic mass is 10.1. The number of nitrogens with zero attached hydrogens (tertiary/aromatic N) is 1. The Morgan fingerprint density at radius 2 is 1.80 bits per heavy atom. The molecular weight excluding hydrogens is 250 g/mol. The van der Waals surface area contributed by atoms with Gasteiger partial charge in [-0.05, 0) is 37.1 Å². The fraction of sp³-hybridized carbons (Fsp3) is 0.125. The summed E-state index contributed by atoms with van der Waals surface area (Å²) >= 11 is 0. The number of carbonyl (C=O) groups excluding carboxylic acids is 1. The maximum atomic E-state index is 12.3. The van der Waals surface area contributed by atoms with E-state index in [0.29, 0.717) is 22.5 Å². The summed E-state index contributed by atoms with van der Waals surface area (Å²) in [6.07, 6.45) is 0. The van der Waals surface area contributed by atoms with Crippen molar-refractivity contribution in [3.8, 4) is 6.07 Å². The first-order chi connectivity index (χ1) is 9.54. The van der Waals surface area contributed by atoms with Gasteiger partial charge in [0.1, 0.15) is 6.07 Å². The Bertz CT molecular complexity index is 714. The fourth-order valence-corrected chi connectivity index (χ4v) is 1.99. The molecule has 4 nitrogen and oxygen atoms in total. The van der Waals surface area contributed by atoms with Crippen molar-refractivity contribution in [2.24, 2.45) is 0 Å². The topological polar surface area (TPSA) is 78.9 Å². The molecule has 20 heavy (non-hydrogen) atoms. The van der Waals surface area contributed by atoms with Crippen molar-refractivity contribution >= 4 is 17.3 Å². The molecule has 0 spiro atoms. The Morgan fingerprint density at radius 3 is 2.50 bits per heavy atom. The number of hydrogen-bond donors (Lipinski definition) is 2. The van der Waals surface area contributed by atoms with E-state index >= 15 is 0 Å². The normalized spacial score (nSPS) is 9.85. The lowest BCUT2D eigenvalue weighted by molar-refractivity contribution is 0.102. The van der Waals surface area contributed by atoms with Gasteiger partial charge in [-0.15, -0.1) is 0 Å². The fourth-order valence-electron chi connectivity index (χ4n) is 1.99. The summed E-state index contributed by atoms with van der Waals surface area (Å²) in [6, 6.07) is 12.7. The Balaban J connectivity index is 2.36. The highest BCUT2D eigenvalue weighted by atomic mass is 16.1. The van der Waals surface area contributed by atoms with Crippen LogP contribution < -0.4 is 11.1 Å². The highest BCUT2D eigenvalue weighted by molar-refractivity contribution is 6.08. The van der Waals surface area contributed by atoms with Crippen LogP contribution in [0.4, 0.5) is 11.4 Å². The van der Waals surface area contributed by atoms with Gasteiger partial charge < -0.3 is 11.1 Å². The average molecular weight is 265 g/mol. The Morgan fingerprint density at radius 1 is 1.15 bits per heavy atom. The number of para-hydroxylation sites is 1. The second-order valence-electron chi connectivity index (χ2n) is 4.60.